The van der Waals surface area contributed by atoms with Crippen LogP contribution >= 0.6 is 11.3 Å². The van der Waals surface area contributed by atoms with Crippen molar-refractivity contribution in [3.05, 3.63) is 76.8 Å². The highest BCUT2D eigenvalue weighted by Gasteiger charge is 2.42. The van der Waals surface area contributed by atoms with Crippen molar-refractivity contribution in [1.29, 1.82) is 0 Å². The maximum Gasteiger partial charge on any atom is 0.271 e. The van der Waals surface area contributed by atoms with Crippen molar-refractivity contribution >= 4 is 17.2 Å². The van der Waals surface area contributed by atoms with Gasteiger partial charge in [0, 0.05) is 22.0 Å². The van der Waals surface area contributed by atoms with Gasteiger partial charge in [-0.1, -0.05) is 67.1 Å². The van der Waals surface area contributed by atoms with Crippen molar-refractivity contribution in [1.82, 2.24) is 15.2 Å². The highest BCUT2D eigenvalue weighted by atomic mass is 32.1. The van der Waals surface area contributed by atoms with Crippen molar-refractivity contribution < 1.29 is 4.79 Å². The quantitative estimate of drug-likeness (QED) is 0.496. The first-order valence-electron chi connectivity index (χ1n) is 12.3. The highest BCUT2D eigenvalue weighted by Crippen LogP contribution is 2.43. The number of likely N-dealkylation sites (tertiary alicyclic amines) is 1. The van der Waals surface area contributed by atoms with E-state index in [0.717, 1.165) is 41.1 Å². The number of hydrogen-bond donors (Lipinski definition) is 1. The molecule has 0 radical (unpaired) electrons. The van der Waals surface area contributed by atoms with Gasteiger partial charge < -0.3 is 5.32 Å². The summed E-state index contributed by atoms with van der Waals surface area (Å²) in [4.78, 5) is 21.5. The summed E-state index contributed by atoms with van der Waals surface area (Å²) in [5, 5.41) is 4.23. The van der Waals surface area contributed by atoms with Crippen LogP contribution in [0.4, 0.5) is 0 Å². The van der Waals surface area contributed by atoms with Crippen LogP contribution in [0.25, 0.3) is 10.6 Å². The van der Waals surface area contributed by atoms with E-state index >= 15 is 0 Å². The zero-order chi connectivity index (χ0) is 22.7. The van der Waals surface area contributed by atoms with Crippen LogP contribution in [0, 0.1) is 6.92 Å². The molecule has 3 aromatic rings. The molecule has 1 saturated heterocycles. The van der Waals surface area contributed by atoms with E-state index in [2.05, 4.69) is 40.5 Å². The first kappa shape index (κ1) is 22.3. The standard InChI is InChI=1S/C28H33N3OS/c1-21-25(30-27(33-21)22-11-5-2-6-12-22)26(32)29-24-15-17-28(18-16-24,23-13-7-3-8-14-23)31-19-9-4-10-20-31/h2-3,5-8,11-14,24H,4,9-10,15-20H2,1H3,(H,29,32). The number of thiazole rings is 1. The van der Waals surface area contributed by atoms with Crippen molar-refractivity contribution in [3.8, 4) is 10.6 Å². The van der Waals surface area contributed by atoms with Crippen LogP contribution < -0.4 is 5.32 Å². The Kier molecular flexibility index (Phi) is 6.61. The van der Waals surface area contributed by atoms with Gasteiger partial charge in [0.2, 0.25) is 0 Å². The molecule has 1 saturated carbocycles. The molecular formula is C28H33N3OS. The second-order valence-electron chi connectivity index (χ2n) is 9.48. The van der Waals surface area contributed by atoms with E-state index in [0.29, 0.717) is 5.69 Å². The van der Waals surface area contributed by atoms with Crippen LogP contribution in [0.1, 0.15) is 65.9 Å². The SMILES string of the molecule is Cc1sc(-c2ccccc2)nc1C(=O)NC1CCC(c2ccccc2)(N2CCCCC2)CC1. The molecule has 0 spiro atoms. The number of nitrogens with zero attached hydrogens (tertiary/aromatic N) is 2. The lowest BCUT2D eigenvalue weighted by molar-refractivity contribution is 0.0227. The fraction of sp³-hybridized carbons (Fsp3) is 0.429. The number of piperidine rings is 1. The van der Waals surface area contributed by atoms with E-state index in [1.807, 2.05) is 37.3 Å². The third-order valence-electron chi connectivity index (χ3n) is 7.45. The minimum absolute atomic E-state index is 0.0267. The fourth-order valence-electron chi connectivity index (χ4n) is 5.66. The maximum absolute atomic E-state index is 13.1. The highest BCUT2D eigenvalue weighted by molar-refractivity contribution is 7.15. The number of hydrogen-bond acceptors (Lipinski definition) is 4. The normalized spacial score (nSPS) is 23.8. The van der Waals surface area contributed by atoms with Crippen molar-refractivity contribution in [2.24, 2.45) is 0 Å². The van der Waals surface area contributed by atoms with Gasteiger partial charge in [-0.15, -0.1) is 11.3 Å². The lowest BCUT2D eigenvalue weighted by Crippen LogP contribution is -2.53. The number of aryl methyl sites for hydroxylation is 1. The molecule has 33 heavy (non-hydrogen) atoms. The molecular weight excluding hydrogens is 426 g/mol. The summed E-state index contributed by atoms with van der Waals surface area (Å²) >= 11 is 1.60. The molecule has 2 aromatic carbocycles. The molecule has 2 heterocycles. The summed E-state index contributed by atoms with van der Waals surface area (Å²) < 4.78 is 0. The fourth-order valence-corrected chi connectivity index (χ4v) is 6.58. The summed E-state index contributed by atoms with van der Waals surface area (Å²) in [6.45, 7) is 4.37. The minimum atomic E-state index is -0.0267. The van der Waals surface area contributed by atoms with Crippen molar-refractivity contribution in [2.45, 2.75) is 63.5 Å². The van der Waals surface area contributed by atoms with E-state index in [-0.39, 0.29) is 17.5 Å². The van der Waals surface area contributed by atoms with Gasteiger partial charge in [0.05, 0.1) is 0 Å². The first-order chi connectivity index (χ1) is 16.2. The van der Waals surface area contributed by atoms with Crippen molar-refractivity contribution in [2.75, 3.05) is 13.1 Å². The molecule has 1 amide bonds. The molecule has 5 rings (SSSR count). The predicted molar refractivity (Wildman–Crippen MR) is 136 cm³/mol. The summed E-state index contributed by atoms with van der Waals surface area (Å²) in [6.07, 6.45) is 8.12. The smallest absolute Gasteiger partial charge is 0.271 e. The molecule has 1 aliphatic carbocycles. The van der Waals surface area contributed by atoms with Crippen LogP contribution in [-0.2, 0) is 5.54 Å². The summed E-state index contributed by atoms with van der Waals surface area (Å²) in [7, 11) is 0. The second-order valence-corrected chi connectivity index (χ2v) is 10.7. The third kappa shape index (κ3) is 4.62. The average Bonchev–Trinajstić information content (AvgIpc) is 3.28. The predicted octanol–water partition coefficient (Wildman–Crippen LogP) is 6.17. The number of carbonyl (C=O) groups is 1. The van der Waals surface area contributed by atoms with Gasteiger partial charge in [0.1, 0.15) is 10.7 Å². The Morgan fingerprint density at radius 3 is 2.27 bits per heavy atom. The molecule has 172 valence electrons. The van der Waals surface area contributed by atoms with Gasteiger partial charge in [-0.05, 0) is 64.1 Å². The maximum atomic E-state index is 13.1. The number of carbonyl (C=O) groups excluding carboxylic acids is 1. The average molecular weight is 460 g/mol. The van der Waals surface area contributed by atoms with Crippen LogP contribution in [0.3, 0.4) is 0 Å². The Bertz CT molecular complexity index is 1070. The van der Waals surface area contributed by atoms with E-state index < -0.39 is 0 Å². The lowest BCUT2D eigenvalue weighted by Gasteiger charge is -2.50. The number of amides is 1. The molecule has 4 nitrogen and oxygen atoms in total. The van der Waals surface area contributed by atoms with E-state index in [1.165, 1.54) is 37.9 Å². The molecule has 1 N–H and O–H groups in total. The molecule has 2 aliphatic rings. The largest absolute Gasteiger partial charge is 0.348 e. The van der Waals surface area contributed by atoms with Crippen LogP contribution in [-0.4, -0.2) is 34.9 Å². The topological polar surface area (TPSA) is 45.2 Å². The number of nitrogens with one attached hydrogen (secondary N) is 1. The molecule has 0 atom stereocenters. The van der Waals surface area contributed by atoms with Crippen molar-refractivity contribution in [3.63, 3.8) is 0 Å². The summed E-state index contributed by atoms with van der Waals surface area (Å²) in [5.74, 6) is -0.0267. The van der Waals surface area contributed by atoms with Gasteiger partial charge in [0.25, 0.3) is 5.91 Å². The van der Waals surface area contributed by atoms with E-state index in [4.69, 9.17) is 4.98 Å². The number of aromatic nitrogens is 1. The summed E-state index contributed by atoms with van der Waals surface area (Å²) in [6, 6.07) is 21.4. The Morgan fingerprint density at radius 2 is 1.61 bits per heavy atom. The van der Waals surface area contributed by atoms with Gasteiger partial charge in [0.15, 0.2) is 0 Å². The summed E-state index contributed by atoms with van der Waals surface area (Å²) in [5.41, 5.74) is 3.20. The van der Waals surface area contributed by atoms with Gasteiger partial charge >= 0.3 is 0 Å². The lowest BCUT2D eigenvalue weighted by atomic mass is 9.73. The van der Waals surface area contributed by atoms with Crippen LogP contribution in [0.15, 0.2) is 60.7 Å². The Labute approximate surface area is 201 Å². The number of benzene rings is 2. The molecule has 0 bridgehead atoms. The van der Waals surface area contributed by atoms with E-state index in [9.17, 15) is 4.79 Å². The zero-order valence-corrected chi connectivity index (χ0v) is 20.2. The number of rotatable bonds is 5. The first-order valence-corrected chi connectivity index (χ1v) is 13.1. The van der Waals surface area contributed by atoms with Gasteiger partial charge in [-0.25, -0.2) is 4.98 Å². The van der Waals surface area contributed by atoms with Gasteiger partial charge in [-0.2, -0.15) is 0 Å². The van der Waals surface area contributed by atoms with Crippen LogP contribution in [0.2, 0.25) is 0 Å². The minimum Gasteiger partial charge on any atom is -0.348 e. The molecule has 1 aromatic heterocycles. The van der Waals surface area contributed by atoms with Gasteiger partial charge in [-0.3, -0.25) is 9.69 Å². The Morgan fingerprint density at radius 1 is 0.970 bits per heavy atom. The Hall–Kier alpha value is -2.50. The second kappa shape index (κ2) is 9.78. The molecule has 1 aliphatic heterocycles. The zero-order valence-electron chi connectivity index (χ0n) is 19.4. The van der Waals surface area contributed by atoms with Crippen LogP contribution in [0.5, 0.6) is 0 Å². The molecule has 5 heteroatoms. The third-order valence-corrected chi connectivity index (χ3v) is 8.47. The molecule has 2 fully saturated rings. The molecule has 0 unspecified atom stereocenters. The monoisotopic (exact) mass is 459 g/mol. The van der Waals surface area contributed by atoms with E-state index in [1.54, 1.807) is 11.3 Å². The Balaban J connectivity index is 1.28.